The molecule has 1 aliphatic rings. The molecule has 0 saturated heterocycles. The summed E-state index contributed by atoms with van der Waals surface area (Å²) in [5.41, 5.74) is 3.68. The zero-order valence-electron chi connectivity index (χ0n) is 16.6. The Hall–Kier alpha value is -2.36. The summed E-state index contributed by atoms with van der Waals surface area (Å²) >= 11 is 0. The second-order valence-electron chi connectivity index (χ2n) is 7.77. The van der Waals surface area contributed by atoms with E-state index in [1.165, 1.54) is 28.3 Å². The molecule has 0 aromatic heterocycles. The fourth-order valence-corrected chi connectivity index (χ4v) is 4.23. The van der Waals surface area contributed by atoms with Crippen molar-refractivity contribution in [1.29, 1.82) is 0 Å². The maximum Gasteiger partial charge on any atom is 0.119 e. The number of benzene rings is 3. The molecule has 28 heavy (non-hydrogen) atoms. The Bertz CT molecular complexity index is 937. The molecule has 0 fully saturated rings. The molecule has 0 saturated carbocycles. The van der Waals surface area contributed by atoms with Crippen molar-refractivity contribution >= 4 is 10.8 Å². The van der Waals surface area contributed by atoms with Crippen LogP contribution in [-0.2, 0) is 12.8 Å². The van der Waals surface area contributed by atoms with E-state index < -0.39 is 6.10 Å². The first-order valence-corrected chi connectivity index (χ1v) is 10.3. The number of hydrogen-bond donors (Lipinski definition) is 1. The predicted molar refractivity (Wildman–Crippen MR) is 115 cm³/mol. The van der Waals surface area contributed by atoms with Gasteiger partial charge in [-0.25, -0.2) is 0 Å². The first kappa shape index (κ1) is 19.0. The molecule has 146 valence electrons. The van der Waals surface area contributed by atoms with Crippen LogP contribution in [-0.4, -0.2) is 36.8 Å². The SMILES string of the molecule is COc1ccc2c(c1)CCN(CCCCc1ccc3ccccc3c1)CC2O. The molecule has 1 atom stereocenters. The topological polar surface area (TPSA) is 32.7 Å². The van der Waals surface area contributed by atoms with Crippen molar-refractivity contribution in [3.63, 3.8) is 0 Å². The summed E-state index contributed by atoms with van der Waals surface area (Å²) < 4.78 is 5.34. The zero-order valence-corrected chi connectivity index (χ0v) is 16.6. The van der Waals surface area contributed by atoms with Crippen LogP contribution in [0.25, 0.3) is 10.8 Å². The fraction of sp³-hybridized carbons (Fsp3) is 0.360. The highest BCUT2D eigenvalue weighted by Gasteiger charge is 2.21. The fourth-order valence-electron chi connectivity index (χ4n) is 4.23. The molecule has 3 heteroatoms. The second-order valence-corrected chi connectivity index (χ2v) is 7.77. The average molecular weight is 376 g/mol. The minimum absolute atomic E-state index is 0.413. The number of fused-ring (bicyclic) bond motifs is 2. The van der Waals surface area contributed by atoms with Crippen LogP contribution in [0.5, 0.6) is 5.75 Å². The van der Waals surface area contributed by atoms with Gasteiger partial charge in [-0.3, -0.25) is 0 Å². The molecule has 3 aromatic carbocycles. The van der Waals surface area contributed by atoms with Gasteiger partial charge in [0.2, 0.25) is 0 Å². The van der Waals surface area contributed by atoms with Crippen molar-refractivity contribution in [2.75, 3.05) is 26.7 Å². The lowest BCUT2D eigenvalue weighted by Crippen LogP contribution is -2.29. The summed E-state index contributed by atoms with van der Waals surface area (Å²) in [7, 11) is 1.69. The van der Waals surface area contributed by atoms with Crippen molar-refractivity contribution in [1.82, 2.24) is 4.90 Å². The van der Waals surface area contributed by atoms with Gasteiger partial charge in [0.05, 0.1) is 13.2 Å². The third-order valence-electron chi connectivity index (χ3n) is 5.84. The Morgan fingerprint density at radius 1 is 1.00 bits per heavy atom. The van der Waals surface area contributed by atoms with Gasteiger partial charge in [-0.2, -0.15) is 0 Å². The van der Waals surface area contributed by atoms with Crippen LogP contribution >= 0.6 is 0 Å². The smallest absolute Gasteiger partial charge is 0.119 e. The van der Waals surface area contributed by atoms with E-state index in [4.69, 9.17) is 4.74 Å². The van der Waals surface area contributed by atoms with E-state index in [9.17, 15) is 5.11 Å². The maximum absolute atomic E-state index is 10.6. The van der Waals surface area contributed by atoms with Crippen LogP contribution in [0.4, 0.5) is 0 Å². The summed E-state index contributed by atoms with van der Waals surface area (Å²) in [5.74, 6) is 0.870. The first-order valence-electron chi connectivity index (χ1n) is 10.3. The number of β-amino-alcohol motifs (C(OH)–C–C–N with tert-alkyl or cyclic N) is 1. The van der Waals surface area contributed by atoms with Crippen LogP contribution in [0.15, 0.2) is 60.7 Å². The standard InChI is InChI=1S/C25H29NO2/c1-28-23-11-12-24-22(17-23)13-15-26(18-25(24)27)14-5-4-6-19-9-10-20-7-2-3-8-21(20)16-19/h2-3,7-12,16-17,25,27H,4-6,13-15,18H2,1H3. The largest absolute Gasteiger partial charge is 0.497 e. The van der Waals surface area contributed by atoms with Crippen LogP contribution < -0.4 is 4.74 Å². The first-order chi connectivity index (χ1) is 13.7. The monoisotopic (exact) mass is 375 g/mol. The van der Waals surface area contributed by atoms with Crippen molar-refractivity contribution < 1.29 is 9.84 Å². The molecular formula is C25H29NO2. The summed E-state index contributed by atoms with van der Waals surface area (Å²) in [6.07, 6.45) is 3.99. The summed E-state index contributed by atoms with van der Waals surface area (Å²) in [6, 6.07) is 21.4. The van der Waals surface area contributed by atoms with Crippen LogP contribution in [0.3, 0.4) is 0 Å². The van der Waals surface area contributed by atoms with Gasteiger partial charge in [0.15, 0.2) is 0 Å². The molecular weight excluding hydrogens is 346 g/mol. The van der Waals surface area contributed by atoms with Crippen molar-refractivity contribution in [2.45, 2.75) is 31.8 Å². The number of methoxy groups -OCH3 is 1. The van der Waals surface area contributed by atoms with E-state index in [-0.39, 0.29) is 0 Å². The van der Waals surface area contributed by atoms with E-state index in [0.29, 0.717) is 0 Å². The summed E-state index contributed by atoms with van der Waals surface area (Å²) in [4.78, 5) is 2.40. The van der Waals surface area contributed by atoms with Crippen molar-refractivity contribution in [3.8, 4) is 5.75 Å². The lowest BCUT2D eigenvalue weighted by atomic mass is 10.0. The number of nitrogens with zero attached hydrogens (tertiary/aromatic N) is 1. The van der Waals surface area contributed by atoms with Gasteiger partial charge in [-0.1, -0.05) is 48.5 Å². The molecule has 0 spiro atoms. The van der Waals surface area contributed by atoms with Gasteiger partial charge in [0.25, 0.3) is 0 Å². The number of aliphatic hydroxyl groups excluding tert-OH is 1. The predicted octanol–water partition coefficient (Wildman–Crippen LogP) is 4.76. The number of ether oxygens (including phenoxy) is 1. The average Bonchev–Trinajstić information content (AvgIpc) is 2.89. The molecule has 1 aliphatic heterocycles. The molecule has 0 amide bonds. The Morgan fingerprint density at radius 3 is 2.71 bits per heavy atom. The number of aliphatic hydroxyl groups is 1. The lowest BCUT2D eigenvalue weighted by Gasteiger charge is -2.22. The molecule has 1 unspecified atom stereocenters. The van der Waals surface area contributed by atoms with Gasteiger partial charge in [-0.05, 0) is 71.8 Å². The van der Waals surface area contributed by atoms with Crippen LogP contribution in [0, 0.1) is 0 Å². The highest BCUT2D eigenvalue weighted by molar-refractivity contribution is 5.82. The third kappa shape index (κ3) is 4.37. The Morgan fingerprint density at radius 2 is 1.86 bits per heavy atom. The van der Waals surface area contributed by atoms with Gasteiger partial charge in [0, 0.05) is 13.1 Å². The molecule has 4 rings (SSSR count). The quantitative estimate of drug-likeness (QED) is 0.631. The minimum Gasteiger partial charge on any atom is -0.497 e. The van der Waals surface area contributed by atoms with E-state index in [0.717, 1.165) is 50.2 Å². The van der Waals surface area contributed by atoms with Crippen molar-refractivity contribution in [3.05, 3.63) is 77.4 Å². The summed E-state index contributed by atoms with van der Waals surface area (Å²) in [5, 5.41) is 13.3. The zero-order chi connectivity index (χ0) is 19.3. The van der Waals surface area contributed by atoms with E-state index in [1.807, 2.05) is 12.1 Å². The van der Waals surface area contributed by atoms with Gasteiger partial charge >= 0.3 is 0 Å². The van der Waals surface area contributed by atoms with Gasteiger partial charge in [0.1, 0.15) is 5.75 Å². The lowest BCUT2D eigenvalue weighted by molar-refractivity contribution is 0.119. The molecule has 3 aromatic rings. The normalized spacial score (nSPS) is 17.3. The number of unbranched alkanes of at least 4 members (excludes halogenated alkanes) is 1. The molecule has 0 aliphatic carbocycles. The maximum atomic E-state index is 10.6. The van der Waals surface area contributed by atoms with Crippen LogP contribution in [0.1, 0.15) is 35.6 Å². The molecule has 0 bridgehead atoms. The molecule has 0 radical (unpaired) electrons. The minimum atomic E-state index is -0.413. The Labute approximate surface area is 167 Å². The molecule has 1 N–H and O–H groups in total. The van der Waals surface area contributed by atoms with E-state index >= 15 is 0 Å². The highest BCUT2D eigenvalue weighted by Crippen LogP contribution is 2.27. The Balaban J connectivity index is 1.29. The van der Waals surface area contributed by atoms with Crippen molar-refractivity contribution in [2.24, 2.45) is 0 Å². The highest BCUT2D eigenvalue weighted by atomic mass is 16.5. The number of rotatable bonds is 6. The van der Waals surface area contributed by atoms with Gasteiger partial charge < -0.3 is 14.7 Å². The molecule has 3 nitrogen and oxygen atoms in total. The second kappa shape index (κ2) is 8.76. The van der Waals surface area contributed by atoms with Crippen LogP contribution in [0.2, 0.25) is 0 Å². The molecule has 1 heterocycles. The van der Waals surface area contributed by atoms with E-state index in [2.05, 4.69) is 53.4 Å². The number of hydrogen-bond acceptors (Lipinski definition) is 3. The third-order valence-corrected chi connectivity index (χ3v) is 5.84. The Kier molecular flexibility index (Phi) is 5.94. The van der Waals surface area contributed by atoms with E-state index in [1.54, 1.807) is 7.11 Å². The number of aryl methyl sites for hydroxylation is 1. The summed E-state index contributed by atoms with van der Waals surface area (Å²) in [6.45, 7) is 2.75. The van der Waals surface area contributed by atoms with Gasteiger partial charge in [-0.15, -0.1) is 0 Å².